The van der Waals surface area contributed by atoms with E-state index in [0.29, 0.717) is 17.1 Å². The molecule has 1 unspecified atom stereocenters. The monoisotopic (exact) mass is 318 g/mol. The highest BCUT2D eigenvalue weighted by atomic mass is 35.5. The first-order valence-electron chi connectivity index (χ1n) is 6.47. The first-order valence-corrected chi connectivity index (χ1v) is 7.22. The predicted molar refractivity (Wildman–Crippen MR) is 80.8 cm³/mol. The number of methoxy groups -OCH3 is 2. The average Bonchev–Trinajstić information content (AvgIpc) is 2.83. The molecule has 3 atom stereocenters. The second-order valence-corrected chi connectivity index (χ2v) is 7.07. The molecule has 112 valence electrons. The Hall–Kier alpha value is -0.640. The summed E-state index contributed by atoms with van der Waals surface area (Å²) in [6.45, 7) is 5.57. The minimum Gasteiger partial charge on any atom is -0.493 e. The van der Waals surface area contributed by atoms with E-state index in [4.69, 9.17) is 32.7 Å². The molecule has 1 aliphatic rings. The molecule has 0 aliphatic heterocycles. The second-order valence-electron chi connectivity index (χ2n) is 5.69. The van der Waals surface area contributed by atoms with Gasteiger partial charge in [0.2, 0.25) is 0 Å². The summed E-state index contributed by atoms with van der Waals surface area (Å²) in [5.41, 5.74) is -1.09. The van der Waals surface area contributed by atoms with Crippen molar-refractivity contribution in [3.63, 3.8) is 0 Å². The molecule has 0 bridgehead atoms. The molecule has 5 heteroatoms. The van der Waals surface area contributed by atoms with Crippen molar-refractivity contribution in [1.82, 2.24) is 0 Å². The number of hydrogen-bond acceptors (Lipinski definition) is 3. The standard InChI is InChI=1S/C15H20Cl2O3/c1-9-13(2,15(9,16)17)14(3,18)10-6-7-11(19-4)12(8-10)20-5/h6-9,18H,1-5H3/t9?,13-,14+/m0/s1. The van der Waals surface area contributed by atoms with Crippen LogP contribution in [-0.2, 0) is 5.60 Å². The molecule has 1 aromatic carbocycles. The normalized spacial score (nSPS) is 30.5. The molecule has 1 N–H and O–H groups in total. The van der Waals surface area contributed by atoms with E-state index < -0.39 is 15.3 Å². The molecule has 0 radical (unpaired) electrons. The first-order chi connectivity index (χ1) is 9.14. The van der Waals surface area contributed by atoms with Gasteiger partial charge in [-0.15, -0.1) is 23.2 Å². The third kappa shape index (κ3) is 1.83. The lowest BCUT2D eigenvalue weighted by Gasteiger charge is -2.33. The zero-order valence-corrected chi connectivity index (χ0v) is 13.8. The van der Waals surface area contributed by atoms with Crippen LogP contribution in [0.1, 0.15) is 26.3 Å². The molecule has 1 aromatic rings. The van der Waals surface area contributed by atoms with Gasteiger partial charge in [-0.2, -0.15) is 0 Å². The zero-order chi connectivity index (χ0) is 15.3. The Morgan fingerprint density at radius 2 is 1.70 bits per heavy atom. The third-order valence-electron chi connectivity index (χ3n) is 4.98. The van der Waals surface area contributed by atoms with Crippen LogP contribution in [0.3, 0.4) is 0 Å². The fourth-order valence-electron chi connectivity index (χ4n) is 2.92. The predicted octanol–water partition coefficient (Wildman–Crippen LogP) is 3.74. The van der Waals surface area contributed by atoms with E-state index in [1.54, 1.807) is 33.3 Å². The van der Waals surface area contributed by atoms with Crippen molar-refractivity contribution in [2.45, 2.75) is 30.7 Å². The molecule has 0 amide bonds. The molecular formula is C15H20Cl2O3. The summed E-state index contributed by atoms with van der Waals surface area (Å²) in [5, 5.41) is 11.0. The van der Waals surface area contributed by atoms with Gasteiger partial charge in [0, 0.05) is 11.3 Å². The Kier molecular flexibility index (Phi) is 3.69. The number of benzene rings is 1. The van der Waals surface area contributed by atoms with Gasteiger partial charge in [-0.3, -0.25) is 0 Å². The molecule has 20 heavy (non-hydrogen) atoms. The molecule has 2 rings (SSSR count). The van der Waals surface area contributed by atoms with Gasteiger partial charge >= 0.3 is 0 Å². The van der Waals surface area contributed by atoms with Gasteiger partial charge in [0.05, 0.1) is 19.8 Å². The lowest BCUT2D eigenvalue weighted by Crippen LogP contribution is -2.35. The number of hydrogen-bond donors (Lipinski definition) is 1. The van der Waals surface area contributed by atoms with Crippen molar-refractivity contribution < 1.29 is 14.6 Å². The van der Waals surface area contributed by atoms with E-state index in [-0.39, 0.29) is 5.92 Å². The van der Waals surface area contributed by atoms with Crippen LogP contribution in [-0.4, -0.2) is 23.7 Å². The fourth-order valence-corrected chi connectivity index (χ4v) is 3.94. The molecule has 0 saturated heterocycles. The molecule has 0 spiro atoms. The van der Waals surface area contributed by atoms with E-state index in [9.17, 15) is 5.11 Å². The maximum atomic E-state index is 11.0. The Bertz CT molecular complexity index is 528. The van der Waals surface area contributed by atoms with Gasteiger partial charge in [0.25, 0.3) is 0 Å². The van der Waals surface area contributed by atoms with Crippen LogP contribution in [0.4, 0.5) is 0 Å². The lowest BCUT2D eigenvalue weighted by atomic mass is 9.79. The van der Waals surface area contributed by atoms with Crippen LogP contribution in [0.2, 0.25) is 0 Å². The van der Waals surface area contributed by atoms with E-state index in [1.807, 2.05) is 19.9 Å². The molecule has 0 aromatic heterocycles. The van der Waals surface area contributed by atoms with Gasteiger partial charge in [-0.05, 0) is 24.6 Å². The highest BCUT2D eigenvalue weighted by Crippen LogP contribution is 2.75. The van der Waals surface area contributed by atoms with Gasteiger partial charge < -0.3 is 14.6 Å². The van der Waals surface area contributed by atoms with E-state index >= 15 is 0 Å². The number of alkyl halides is 2. The summed E-state index contributed by atoms with van der Waals surface area (Å²) in [6, 6.07) is 5.34. The van der Waals surface area contributed by atoms with Gasteiger partial charge in [0.15, 0.2) is 11.5 Å². The SMILES string of the molecule is COc1ccc([C@@](C)(O)[C@]2(C)C(C)C2(Cl)Cl)cc1OC. The van der Waals surface area contributed by atoms with Crippen molar-refractivity contribution in [3.05, 3.63) is 23.8 Å². The van der Waals surface area contributed by atoms with Crippen LogP contribution in [0, 0.1) is 11.3 Å². The first kappa shape index (κ1) is 15.7. The highest BCUT2D eigenvalue weighted by molar-refractivity contribution is 6.52. The largest absolute Gasteiger partial charge is 0.493 e. The maximum Gasteiger partial charge on any atom is 0.161 e. The fraction of sp³-hybridized carbons (Fsp3) is 0.600. The topological polar surface area (TPSA) is 38.7 Å². The Morgan fingerprint density at radius 3 is 2.10 bits per heavy atom. The van der Waals surface area contributed by atoms with Crippen molar-refractivity contribution in [2.24, 2.45) is 11.3 Å². The number of aliphatic hydroxyl groups is 1. The molecule has 0 heterocycles. The second kappa shape index (κ2) is 4.69. The van der Waals surface area contributed by atoms with Crippen LogP contribution >= 0.6 is 23.2 Å². The Labute approximate surface area is 129 Å². The summed E-state index contributed by atoms with van der Waals surface area (Å²) in [6.07, 6.45) is 0. The minimum atomic E-state index is -1.17. The van der Waals surface area contributed by atoms with Crippen LogP contribution in [0.15, 0.2) is 18.2 Å². The molecule has 3 nitrogen and oxygen atoms in total. The minimum absolute atomic E-state index is 0.0126. The zero-order valence-electron chi connectivity index (χ0n) is 12.3. The number of halogens is 2. The van der Waals surface area contributed by atoms with Crippen molar-refractivity contribution in [3.8, 4) is 11.5 Å². The van der Waals surface area contributed by atoms with Gasteiger partial charge in [0.1, 0.15) is 4.33 Å². The van der Waals surface area contributed by atoms with Crippen molar-refractivity contribution in [1.29, 1.82) is 0 Å². The van der Waals surface area contributed by atoms with Gasteiger partial charge in [-0.1, -0.05) is 19.9 Å². The summed E-state index contributed by atoms with van der Waals surface area (Å²) in [7, 11) is 3.13. The van der Waals surface area contributed by atoms with Crippen LogP contribution in [0.5, 0.6) is 11.5 Å². The van der Waals surface area contributed by atoms with Crippen molar-refractivity contribution in [2.75, 3.05) is 14.2 Å². The lowest BCUT2D eigenvalue weighted by molar-refractivity contribution is -0.0206. The van der Waals surface area contributed by atoms with Crippen molar-refractivity contribution >= 4 is 23.2 Å². The average molecular weight is 319 g/mol. The van der Waals surface area contributed by atoms with E-state index in [1.165, 1.54) is 0 Å². The quantitative estimate of drug-likeness (QED) is 0.859. The van der Waals surface area contributed by atoms with Gasteiger partial charge in [-0.25, -0.2) is 0 Å². The maximum absolute atomic E-state index is 11.0. The number of ether oxygens (including phenoxy) is 2. The van der Waals surface area contributed by atoms with E-state index in [0.717, 1.165) is 0 Å². The smallest absolute Gasteiger partial charge is 0.161 e. The summed E-state index contributed by atoms with van der Waals surface area (Å²) in [5.74, 6) is 1.17. The Morgan fingerprint density at radius 1 is 1.20 bits per heavy atom. The number of rotatable bonds is 4. The van der Waals surface area contributed by atoms with Crippen LogP contribution in [0.25, 0.3) is 0 Å². The molecule has 1 fully saturated rings. The Balaban J connectivity index is 2.46. The third-order valence-corrected chi connectivity index (χ3v) is 6.42. The molecule has 1 aliphatic carbocycles. The summed E-state index contributed by atoms with van der Waals surface area (Å²) < 4.78 is 9.55. The van der Waals surface area contributed by atoms with Crippen LogP contribution < -0.4 is 9.47 Å². The van der Waals surface area contributed by atoms with E-state index in [2.05, 4.69) is 0 Å². The summed E-state index contributed by atoms with van der Waals surface area (Å²) in [4.78, 5) is 0. The molecular weight excluding hydrogens is 299 g/mol. The summed E-state index contributed by atoms with van der Waals surface area (Å²) >= 11 is 12.6. The molecule has 1 saturated carbocycles. The highest BCUT2D eigenvalue weighted by Gasteiger charge is 2.77.